The summed E-state index contributed by atoms with van der Waals surface area (Å²) in [7, 11) is 0. The SMILES string of the molecule is O=C(NCCC(O)C(O)c1ccc(F)c(Cl)c1)OCC1c2ccccc2-c2ccccc21. The van der Waals surface area contributed by atoms with Crippen LogP contribution >= 0.6 is 11.6 Å². The number of benzene rings is 3. The molecule has 2 unspecified atom stereocenters. The molecule has 0 fully saturated rings. The van der Waals surface area contributed by atoms with Crippen molar-refractivity contribution in [2.24, 2.45) is 0 Å². The summed E-state index contributed by atoms with van der Waals surface area (Å²) in [5.41, 5.74) is 4.84. The minimum Gasteiger partial charge on any atom is -0.449 e. The molecule has 0 radical (unpaired) electrons. The van der Waals surface area contributed by atoms with Crippen LogP contribution in [0.5, 0.6) is 0 Å². The van der Waals surface area contributed by atoms with Gasteiger partial charge in [-0.1, -0.05) is 66.2 Å². The summed E-state index contributed by atoms with van der Waals surface area (Å²) in [6.07, 6.45) is -2.93. The molecular formula is C25H23ClFNO4. The first-order chi connectivity index (χ1) is 15.5. The summed E-state index contributed by atoms with van der Waals surface area (Å²) in [5, 5.41) is 22.9. The molecule has 166 valence electrons. The lowest BCUT2D eigenvalue weighted by Crippen LogP contribution is -2.30. The zero-order valence-corrected chi connectivity index (χ0v) is 17.9. The number of alkyl carbamates (subject to hydrolysis) is 1. The van der Waals surface area contributed by atoms with E-state index in [9.17, 15) is 19.4 Å². The lowest BCUT2D eigenvalue weighted by Gasteiger charge is -2.19. The van der Waals surface area contributed by atoms with E-state index in [1.807, 2.05) is 36.4 Å². The van der Waals surface area contributed by atoms with Crippen LogP contribution < -0.4 is 5.32 Å². The molecule has 0 saturated carbocycles. The second-order valence-corrected chi connectivity index (χ2v) is 8.13. The first-order valence-electron chi connectivity index (χ1n) is 10.4. The Morgan fingerprint density at radius 1 is 1.03 bits per heavy atom. The third-order valence-electron chi connectivity index (χ3n) is 5.70. The molecule has 1 amide bonds. The van der Waals surface area contributed by atoms with Gasteiger partial charge in [-0.2, -0.15) is 0 Å². The Morgan fingerprint density at radius 2 is 1.66 bits per heavy atom. The predicted octanol–water partition coefficient (Wildman–Crippen LogP) is 4.80. The Bertz CT molecular complexity index is 1080. The van der Waals surface area contributed by atoms with Gasteiger partial charge in [0.2, 0.25) is 0 Å². The molecule has 1 aliphatic carbocycles. The molecule has 0 saturated heterocycles. The molecular weight excluding hydrogens is 433 g/mol. The molecule has 1 aliphatic rings. The number of carbonyl (C=O) groups is 1. The number of aliphatic hydroxyl groups is 2. The minimum atomic E-state index is -1.25. The van der Waals surface area contributed by atoms with Gasteiger partial charge in [-0.15, -0.1) is 0 Å². The quantitative estimate of drug-likeness (QED) is 0.478. The van der Waals surface area contributed by atoms with E-state index in [2.05, 4.69) is 17.4 Å². The van der Waals surface area contributed by atoms with E-state index in [0.29, 0.717) is 5.56 Å². The van der Waals surface area contributed by atoms with Crippen molar-refractivity contribution in [2.45, 2.75) is 24.5 Å². The van der Waals surface area contributed by atoms with Crippen LogP contribution in [0.25, 0.3) is 11.1 Å². The summed E-state index contributed by atoms with van der Waals surface area (Å²) in [5.74, 6) is -0.641. The molecule has 3 aromatic carbocycles. The lowest BCUT2D eigenvalue weighted by atomic mass is 9.98. The van der Waals surface area contributed by atoms with Gasteiger partial charge >= 0.3 is 6.09 Å². The minimum absolute atomic E-state index is 0.0382. The average molecular weight is 456 g/mol. The number of ether oxygens (including phenoxy) is 1. The Labute approximate surface area is 190 Å². The molecule has 4 rings (SSSR count). The summed E-state index contributed by atoms with van der Waals surface area (Å²) in [6.45, 7) is 0.295. The van der Waals surface area contributed by atoms with Crippen molar-refractivity contribution in [3.63, 3.8) is 0 Å². The number of carbonyl (C=O) groups excluding carboxylic acids is 1. The summed E-state index contributed by atoms with van der Waals surface area (Å²) >= 11 is 5.72. The van der Waals surface area contributed by atoms with Crippen LogP contribution in [0.15, 0.2) is 66.7 Å². The van der Waals surface area contributed by atoms with Gasteiger partial charge < -0.3 is 20.3 Å². The molecule has 32 heavy (non-hydrogen) atoms. The van der Waals surface area contributed by atoms with Crippen molar-refractivity contribution in [1.29, 1.82) is 0 Å². The maximum absolute atomic E-state index is 13.3. The largest absolute Gasteiger partial charge is 0.449 e. The average Bonchev–Trinajstić information content (AvgIpc) is 3.12. The number of aliphatic hydroxyl groups excluding tert-OH is 2. The number of hydrogen-bond acceptors (Lipinski definition) is 4. The predicted molar refractivity (Wildman–Crippen MR) is 120 cm³/mol. The van der Waals surface area contributed by atoms with Crippen molar-refractivity contribution in [1.82, 2.24) is 5.32 Å². The fraction of sp³-hybridized carbons (Fsp3) is 0.240. The van der Waals surface area contributed by atoms with Gasteiger partial charge in [0.1, 0.15) is 18.5 Å². The molecule has 0 bridgehead atoms. The first kappa shape index (κ1) is 22.3. The Hall–Kier alpha value is -2.93. The Kier molecular flexibility index (Phi) is 6.74. The number of hydrogen-bond donors (Lipinski definition) is 3. The Balaban J connectivity index is 1.28. The summed E-state index contributed by atoms with van der Waals surface area (Å²) < 4.78 is 18.7. The molecule has 7 heteroatoms. The van der Waals surface area contributed by atoms with E-state index in [1.54, 1.807) is 0 Å². The van der Waals surface area contributed by atoms with Gasteiger partial charge in [0.25, 0.3) is 0 Å². The van der Waals surface area contributed by atoms with E-state index >= 15 is 0 Å². The fourth-order valence-electron chi connectivity index (χ4n) is 4.05. The second-order valence-electron chi connectivity index (χ2n) is 7.73. The van der Waals surface area contributed by atoms with Crippen LogP contribution in [0.4, 0.5) is 9.18 Å². The molecule has 3 N–H and O–H groups in total. The zero-order chi connectivity index (χ0) is 22.7. The van der Waals surface area contributed by atoms with Gasteiger partial charge in [0.05, 0.1) is 11.1 Å². The van der Waals surface area contributed by atoms with Crippen molar-refractivity contribution < 1.29 is 24.1 Å². The van der Waals surface area contributed by atoms with Crippen LogP contribution in [0.3, 0.4) is 0 Å². The van der Waals surface area contributed by atoms with Crippen molar-refractivity contribution in [3.05, 3.63) is 94.3 Å². The van der Waals surface area contributed by atoms with E-state index < -0.39 is 24.1 Å². The van der Waals surface area contributed by atoms with Gasteiger partial charge in [-0.25, -0.2) is 9.18 Å². The van der Waals surface area contributed by atoms with Crippen molar-refractivity contribution in [2.75, 3.05) is 13.2 Å². The number of rotatable bonds is 7. The second kappa shape index (κ2) is 9.69. The molecule has 5 nitrogen and oxygen atoms in total. The third kappa shape index (κ3) is 4.63. The zero-order valence-electron chi connectivity index (χ0n) is 17.2. The number of nitrogens with one attached hydrogen (secondary N) is 1. The smallest absolute Gasteiger partial charge is 0.407 e. The van der Waals surface area contributed by atoms with Gasteiger partial charge in [-0.3, -0.25) is 0 Å². The van der Waals surface area contributed by atoms with Crippen LogP contribution in [0, 0.1) is 5.82 Å². The van der Waals surface area contributed by atoms with Crippen LogP contribution in [-0.4, -0.2) is 35.6 Å². The highest BCUT2D eigenvalue weighted by atomic mass is 35.5. The maximum atomic E-state index is 13.3. The number of fused-ring (bicyclic) bond motifs is 3. The number of halogens is 2. The van der Waals surface area contributed by atoms with Crippen molar-refractivity contribution in [3.8, 4) is 11.1 Å². The van der Waals surface area contributed by atoms with Gasteiger partial charge in [-0.05, 0) is 46.4 Å². The highest BCUT2D eigenvalue weighted by Gasteiger charge is 2.29. The number of amides is 1. The molecule has 2 atom stereocenters. The molecule has 3 aromatic rings. The first-order valence-corrected chi connectivity index (χ1v) is 10.7. The summed E-state index contributed by atoms with van der Waals surface area (Å²) in [6, 6.07) is 19.9. The van der Waals surface area contributed by atoms with Crippen LogP contribution in [-0.2, 0) is 4.74 Å². The van der Waals surface area contributed by atoms with Gasteiger partial charge in [0, 0.05) is 12.5 Å². The van der Waals surface area contributed by atoms with E-state index in [0.717, 1.165) is 28.3 Å². The van der Waals surface area contributed by atoms with Crippen molar-refractivity contribution >= 4 is 17.7 Å². The monoisotopic (exact) mass is 455 g/mol. The van der Waals surface area contributed by atoms with Crippen LogP contribution in [0.1, 0.15) is 35.1 Å². The molecule has 0 aliphatic heterocycles. The highest BCUT2D eigenvalue weighted by Crippen LogP contribution is 2.44. The maximum Gasteiger partial charge on any atom is 0.407 e. The topological polar surface area (TPSA) is 78.8 Å². The Morgan fingerprint density at radius 3 is 2.28 bits per heavy atom. The third-order valence-corrected chi connectivity index (χ3v) is 5.99. The van der Waals surface area contributed by atoms with Gasteiger partial charge in [0.15, 0.2) is 0 Å². The summed E-state index contributed by atoms with van der Waals surface area (Å²) in [4.78, 5) is 12.2. The normalized spacial score (nSPS) is 14.4. The standard InChI is InChI=1S/C25H23ClFNO4/c26-21-13-15(9-10-22(21)27)24(30)23(29)11-12-28-25(31)32-14-20-18-7-3-1-5-16(18)17-6-2-4-8-19(17)20/h1-10,13,20,23-24,29-30H,11-12,14H2,(H,28,31). The molecule has 0 spiro atoms. The van der Waals surface area contributed by atoms with E-state index in [4.69, 9.17) is 16.3 Å². The highest BCUT2D eigenvalue weighted by molar-refractivity contribution is 6.30. The van der Waals surface area contributed by atoms with E-state index in [1.165, 1.54) is 12.1 Å². The molecule has 0 heterocycles. The fourth-order valence-corrected chi connectivity index (χ4v) is 4.24. The van der Waals surface area contributed by atoms with E-state index in [-0.39, 0.29) is 30.5 Å². The molecule has 0 aromatic heterocycles. The lowest BCUT2D eigenvalue weighted by molar-refractivity contribution is 0.0136. The van der Waals surface area contributed by atoms with Crippen LogP contribution in [0.2, 0.25) is 5.02 Å².